The first-order valence-corrected chi connectivity index (χ1v) is 7.43. The molecule has 108 valence electrons. The van der Waals surface area contributed by atoms with Crippen molar-refractivity contribution in [2.75, 3.05) is 11.6 Å². The Balaban J connectivity index is 1.97. The van der Waals surface area contributed by atoms with Crippen LogP contribution in [-0.4, -0.2) is 12.3 Å². The van der Waals surface area contributed by atoms with Gasteiger partial charge in [0.15, 0.2) is 0 Å². The van der Waals surface area contributed by atoms with E-state index in [4.69, 9.17) is 17.3 Å². The summed E-state index contributed by atoms with van der Waals surface area (Å²) >= 11 is 6.11. The van der Waals surface area contributed by atoms with Crippen molar-refractivity contribution in [2.45, 2.75) is 19.4 Å². The summed E-state index contributed by atoms with van der Waals surface area (Å²) in [5.41, 5.74) is 10.3. The number of aryl methyl sites for hydroxylation is 1. The molecule has 0 bridgehead atoms. The van der Waals surface area contributed by atoms with Crippen LogP contribution in [0.1, 0.15) is 23.6 Å². The van der Waals surface area contributed by atoms with Crippen LogP contribution < -0.4 is 10.7 Å². The van der Waals surface area contributed by atoms with Crippen molar-refractivity contribution in [1.82, 2.24) is 0 Å². The average molecular weight is 300 g/mol. The summed E-state index contributed by atoms with van der Waals surface area (Å²) in [6, 6.07) is 16.5. The Morgan fingerprint density at radius 1 is 1.24 bits per heavy atom. The second-order valence-electron chi connectivity index (χ2n) is 5.33. The number of nitrogens with zero attached hydrogens (tertiary/aromatic N) is 2. The van der Waals surface area contributed by atoms with Gasteiger partial charge in [-0.2, -0.15) is 5.10 Å². The zero-order valence-electron chi connectivity index (χ0n) is 12.0. The van der Waals surface area contributed by atoms with Crippen molar-refractivity contribution in [2.24, 2.45) is 10.8 Å². The molecule has 2 aromatic carbocycles. The van der Waals surface area contributed by atoms with E-state index in [9.17, 15) is 0 Å². The summed E-state index contributed by atoms with van der Waals surface area (Å²) in [4.78, 5) is 0. The van der Waals surface area contributed by atoms with E-state index in [1.807, 2.05) is 29.3 Å². The molecule has 1 aliphatic rings. The first-order valence-electron chi connectivity index (χ1n) is 7.05. The molecule has 0 saturated carbocycles. The highest BCUT2D eigenvalue weighted by molar-refractivity contribution is 6.30. The first-order chi connectivity index (χ1) is 10.2. The van der Waals surface area contributed by atoms with Gasteiger partial charge in [-0.15, -0.1) is 0 Å². The quantitative estimate of drug-likeness (QED) is 0.933. The molecule has 0 fully saturated rings. The largest absolute Gasteiger partial charge is 0.325 e. The maximum atomic E-state index is 6.11. The molecule has 2 aromatic rings. The molecule has 21 heavy (non-hydrogen) atoms. The van der Waals surface area contributed by atoms with Gasteiger partial charge in [0.2, 0.25) is 0 Å². The number of hydrogen-bond donors (Lipinski definition) is 1. The van der Waals surface area contributed by atoms with E-state index in [1.165, 1.54) is 11.1 Å². The van der Waals surface area contributed by atoms with Crippen LogP contribution in [0.2, 0.25) is 5.02 Å². The smallest absolute Gasteiger partial charge is 0.0828 e. The Kier molecular flexibility index (Phi) is 3.95. The summed E-state index contributed by atoms with van der Waals surface area (Å²) in [6.07, 6.45) is 0.853. The van der Waals surface area contributed by atoms with E-state index in [-0.39, 0.29) is 6.04 Å². The Hall–Kier alpha value is -1.84. The van der Waals surface area contributed by atoms with Crippen LogP contribution in [-0.2, 0) is 0 Å². The van der Waals surface area contributed by atoms with Crippen molar-refractivity contribution < 1.29 is 0 Å². The van der Waals surface area contributed by atoms with Gasteiger partial charge in [-0.3, -0.25) is 5.01 Å². The van der Waals surface area contributed by atoms with Crippen LogP contribution in [0.4, 0.5) is 5.69 Å². The minimum atomic E-state index is 0.183. The molecule has 0 aromatic heterocycles. The minimum Gasteiger partial charge on any atom is -0.325 e. The summed E-state index contributed by atoms with van der Waals surface area (Å²) in [6.45, 7) is 2.58. The van der Waals surface area contributed by atoms with Gasteiger partial charge in [-0.1, -0.05) is 47.5 Å². The lowest BCUT2D eigenvalue weighted by Gasteiger charge is -2.24. The molecule has 0 spiro atoms. The van der Waals surface area contributed by atoms with Crippen LogP contribution in [0.15, 0.2) is 53.6 Å². The van der Waals surface area contributed by atoms with Gasteiger partial charge in [0.05, 0.1) is 17.4 Å². The van der Waals surface area contributed by atoms with Gasteiger partial charge in [0.1, 0.15) is 0 Å². The molecule has 1 aliphatic heterocycles. The van der Waals surface area contributed by atoms with E-state index < -0.39 is 0 Å². The van der Waals surface area contributed by atoms with Crippen LogP contribution in [0.5, 0.6) is 0 Å². The number of anilines is 1. The first kappa shape index (κ1) is 14.1. The second-order valence-corrected chi connectivity index (χ2v) is 5.76. The number of hydrogen-bond acceptors (Lipinski definition) is 3. The Morgan fingerprint density at radius 3 is 2.67 bits per heavy atom. The topological polar surface area (TPSA) is 41.6 Å². The lowest BCUT2D eigenvalue weighted by molar-refractivity contribution is 0.708. The highest BCUT2D eigenvalue weighted by atomic mass is 35.5. The average Bonchev–Trinajstić information content (AvgIpc) is 2.92. The molecule has 0 amide bonds. The fourth-order valence-electron chi connectivity index (χ4n) is 2.60. The van der Waals surface area contributed by atoms with Crippen molar-refractivity contribution in [3.8, 4) is 0 Å². The maximum absolute atomic E-state index is 6.11. The lowest BCUT2D eigenvalue weighted by atomic mass is 10.0. The van der Waals surface area contributed by atoms with E-state index >= 15 is 0 Å². The van der Waals surface area contributed by atoms with Crippen molar-refractivity contribution in [3.05, 3.63) is 64.7 Å². The minimum absolute atomic E-state index is 0.183. The SMILES string of the molecule is Cc1ccc(C2CC(CN)=NN2c2cccc(Cl)c2)cc1. The second kappa shape index (κ2) is 5.88. The van der Waals surface area contributed by atoms with Crippen molar-refractivity contribution >= 4 is 23.0 Å². The predicted octanol–water partition coefficient (Wildman–Crippen LogP) is 3.91. The standard InChI is InChI=1S/C17H18ClN3/c1-12-5-7-13(8-6-12)17-10-15(11-19)20-21(17)16-4-2-3-14(18)9-16/h2-9,17H,10-11,19H2,1H3. The zero-order valence-corrected chi connectivity index (χ0v) is 12.7. The Labute approximate surface area is 130 Å². The van der Waals surface area contributed by atoms with E-state index in [2.05, 4.69) is 36.3 Å². The predicted molar refractivity (Wildman–Crippen MR) is 89.0 cm³/mol. The highest BCUT2D eigenvalue weighted by Crippen LogP contribution is 2.35. The van der Waals surface area contributed by atoms with Gasteiger partial charge < -0.3 is 5.73 Å². The highest BCUT2D eigenvalue weighted by Gasteiger charge is 2.28. The third-order valence-electron chi connectivity index (χ3n) is 3.74. The summed E-state index contributed by atoms with van der Waals surface area (Å²) in [5, 5.41) is 7.41. The third-order valence-corrected chi connectivity index (χ3v) is 3.98. The lowest BCUT2D eigenvalue weighted by Crippen LogP contribution is -2.18. The van der Waals surface area contributed by atoms with Gasteiger partial charge >= 0.3 is 0 Å². The summed E-state index contributed by atoms with van der Waals surface area (Å²) in [7, 11) is 0. The molecule has 1 unspecified atom stereocenters. The summed E-state index contributed by atoms with van der Waals surface area (Å²) in [5.74, 6) is 0. The number of hydrazone groups is 1. The van der Waals surface area contributed by atoms with E-state index in [1.54, 1.807) is 0 Å². The fourth-order valence-corrected chi connectivity index (χ4v) is 2.79. The molecular formula is C17H18ClN3. The van der Waals surface area contributed by atoms with Crippen LogP contribution in [0, 0.1) is 6.92 Å². The molecular weight excluding hydrogens is 282 g/mol. The summed E-state index contributed by atoms with van der Waals surface area (Å²) < 4.78 is 0. The molecule has 0 saturated heterocycles. The van der Waals surface area contributed by atoms with Crippen LogP contribution in [0.25, 0.3) is 0 Å². The number of benzene rings is 2. The van der Waals surface area contributed by atoms with Gasteiger partial charge in [0, 0.05) is 18.0 Å². The van der Waals surface area contributed by atoms with Crippen LogP contribution in [0.3, 0.4) is 0 Å². The molecule has 2 N–H and O–H groups in total. The Bertz CT molecular complexity index is 664. The van der Waals surface area contributed by atoms with Gasteiger partial charge in [-0.25, -0.2) is 0 Å². The molecule has 3 nitrogen and oxygen atoms in total. The molecule has 3 rings (SSSR count). The van der Waals surface area contributed by atoms with Gasteiger partial charge in [0.25, 0.3) is 0 Å². The molecule has 1 heterocycles. The molecule has 0 radical (unpaired) electrons. The van der Waals surface area contributed by atoms with Crippen LogP contribution >= 0.6 is 11.6 Å². The molecule has 1 atom stereocenters. The van der Waals surface area contributed by atoms with E-state index in [0.717, 1.165) is 17.8 Å². The normalized spacial score (nSPS) is 18.0. The molecule has 4 heteroatoms. The van der Waals surface area contributed by atoms with Gasteiger partial charge in [-0.05, 0) is 30.7 Å². The number of nitrogens with two attached hydrogens (primary N) is 1. The zero-order chi connectivity index (χ0) is 14.8. The van der Waals surface area contributed by atoms with Crippen molar-refractivity contribution in [1.29, 1.82) is 0 Å². The third kappa shape index (κ3) is 2.94. The number of rotatable bonds is 3. The molecule has 0 aliphatic carbocycles. The van der Waals surface area contributed by atoms with Crippen molar-refractivity contribution in [3.63, 3.8) is 0 Å². The van der Waals surface area contributed by atoms with E-state index in [0.29, 0.717) is 11.6 Å². The Morgan fingerprint density at radius 2 is 2.00 bits per heavy atom. The maximum Gasteiger partial charge on any atom is 0.0828 e. The monoisotopic (exact) mass is 299 g/mol. The fraction of sp³-hybridized carbons (Fsp3) is 0.235. The number of halogens is 1.